The van der Waals surface area contributed by atoms with Gasteiger partial charge in [-0.05, 0) is 104 Å². The molecule has 0 aromatic heterocycles. The number of thioether (sulfide) groups is 2. The lowest BCUT2D eigenvalue weighted by Gasteiger charge is -2.12. The number of allylic oxidation sites excluding steroid dienone is 7. The van der Waals surface area contributed by atoms with Crippen molar-refractivity contribution >= 4 is 23.5 Å². The van der Waals surface area contributed by atoms with Crippen molar-refractivity contribution in [3.8, 4) is 0 Å². The Hall–Kier alpha value is -0.380. The first kappa shape index (κ1) is 24.9. The zero-order chi connectivity index (χ0) is 21.1. The van der Waals surface area contributed by atoms with E-state index in [0.29, 0.717) is 6.10 Å². The van der Waals surface area contributed by atoms with E-state index >= 15 is 0 Å². The van der Waals surface area contributed by atoms with Gasteiger partial charge in [-0.25, -0.2) is 0 Å². The molecule has 2 fully saturated rings. The summed E-state index contributed by atoms with van der Waals surface area (Å²) >= 11 is 4.08. The summed E-state index contributed by atoms with van der Waals surface area (Å²) in [5.74, 6) is 2.62. The normalized spacial score (nSPS) is 22.7. The summed E-state index contributed by atoms with van der Waals surface area (Å²) in [4.78, 5) is 0. The Bertz CT molecular complexity index is 617. The highest BCUT2D eigenvalue weighted by molar-refractivity contribution is 8.22. The molecule has 1 atom stereocenters. The third-order valence-corrected chi connectivity index (χ3v) is 8.37. The van der Waals surface area contributed by atoms with Gasteiger partial charge < -0.3 is 4.74 Å². The molecule has 0 N–H and O–H groups in total. The van der Waals surface area contributed by atoms with Crippen LogP contribution >= 0.6 is 23.5 Å². The average Bonchev–Trinajstić information content (AvgIpc) is 3.31. The van der Waals surface area contributed by atoms with Crippen LogP contribution in [-0.2, 0) is 4.74 Å². The van der Waals surface area contributed by atoms with Gasteiger partial charge in [-0.2, -0.15) is 0 Å². The number of hydrogen-bond donors (Lipinski definition) is 0. The number of ether oxygens (including phenoxy) is 1. The molecule has 2 aliphatic rings. The first-order chi connectivity index (χ1) is 13.9. The van der Waals surface area contributed by atoms with E-state index in [0.717, 1.165) is 0 Å². The van der Waals surface area contributed by atoms with Crippen LogP contribution in [0.2, 0.25) is 0 Å². The molecular formula is C26H42OS2. The summed E-state index contributed by atoms with van der Waals surface area (Å²) < 4.78 is 7.23. The zero-order valence-corrected chi connectivity index (χ0v) is 21.0. The number of unbranched alkanes of at least 4 members (excludes halogenated alkanes) is 1. The molecule has 1 unspecified atom stereocenters. The molecule has 2 saturated heterocycles. The van der Waals surface area contributed by atoms with Crippen LogP contribution in [0.1, 0.15) is 92.4 Å². The second kappa shape index (κ2) is 13.1. The van der Waals surface area contributed by atoms with Crippen molar-refractivity contribution in [2.24, 2.45) is 0 Å². The van der Waals surface area contributed by atoms with Gasteiger partial charge in [-0.15, -0.1) is 23.5 Å². The molecule has 0 saturated carbocycles. The molecular weight excluding hydrogens is 392 g/mol. The van der Waals surface area contributed by atoms with Crippen molar-refractivity contribution < 1.29 is 4.74 Å². The van der Waals surface area contributed by atoms with Crippen molar-refractivity contribution in [1.29, 1.82) is 0 Å². The third kappa shape index (κ3) is 11.0. The Morgan fingerprint density at radius 2 is 1.38 bits per heavy atom. The highest BCUT2D eigenvalue weighted by atomic mass is 32.2. The van der Waals surface area contributed by atoms with E-state index in [1.54, 1.807) is 9.81 Å². The van der Waals surface area contributed by atoms with Crippen LogP contribution in [0, 0.1) is 0 Å². The van der Waals surface area contributed by atoms with Crippen molar-refractivity contribution in [3.05, 3.63) is 45.3 Å². The van der Waals surface area contributed by atoms with E-state index in [1.165, 1.54) is 80.4 Å². The Labute approximate surface area is 188 Å². The van der Waals surface area contributed by atoms with Gasteiger partial charge in [0.05, 0.1) is 11.7 Å². The maximum absolute atomic E-state index is 5.67. The molecule has 0 amide bonds. The Kier molecular flexibility index (Phi) is 11.3. The third-order valence-electron chi connectivity index (χ3n) is 5.78. The topological polar surface area (TPSA) is 12.5 Å². The van der Waals surface area contributed by atoms with Crippen LogP contribution < -0.4 is 0 Å². The molecule has 2 rings (SSSR count). The van der Waals surface area contributed by atoms with Crippen LogP contribution in [0.25, 0.3) is 0 Å². The predicted octanol–water partition coefficient (Wildman–Crippen LogP) is 8.84. The van der Waals surface area contributed by atoms with Gasteiger partial charge in [0.1, 0.15) is 0 Å². The molecule has 29 heavy (non-hydrogen) atoms. The molecule has 0 radical (unpaired) electrons. The fourth-order valence-corrected chi connectivity index (χ4v) is 6.06. The van der Waals surface area contributed by atoms with Crippen molar-refractivity contribution in [2.75, 3.05) is 11.5 Å². The lowest BCUT2D eigenvalue weighted by molar-refractivity contribution is 0.320. The second-order valence-corrected chi connectivity index (χ2v) is 11.7. The van der Waals surface area contributed by atoms with E-state index < -0.39 is 0 Å². The first-order valence-electron chi connectivity index (χ1n) is 11.5. The maximum atomic E-state index is 5.67. The number of hydrogen-bond acceptors (Lipinski definition) is 3. The molecule has 0 spiro atoms. The molecule has 0 bridgehead atoms. The van der Waals surface area contributed by atoms with Crippen LogP contribution in [-0.4, -0.2) is 23.2 Å². The minimum absolute atomic E-state index is 0.136. The van der Waals surface area contributed by atoms with Crippen LogP contribution in [0.3, 0.4) is 0 Å². The van der Waals surface area contributed by atoms with Crippen LogP contribution in [0.15, 0.2) is 45.3 Å². The summed E-state index contributed by atoms with van der Waals surface area (Å²) in [6.45, 7) is 11.2. The summed E-state index contributed by atoms with van der Waals surface area (Å²) in [6, 6.07) is 0. The largest absolute Gasteiger partial charge is 0.367 e. The molecule has 164 valence electrons. The van der Waals surface area contributed by atoms with E-state index in [4.69, 9.17) is 4.74 Å². The van der Waals surface area contributed by atoms with Crippen LogP contribution in [0.5, 0.6) is 0 Å². The molecule has 1 nitrogen and oxygen atoms in total. The van der Waals surface area contributed by atoms with E-state index in [1.807, 2.05) is 23.5 Å². The van der Waals surface area contributed by atoms with E-state index in [-0.39, 0.29) is 5.60 Å². The molecule has 2 heterocycles. The van der Waals surface area contributed by atoms with E-state index in [2.05, 4.69) is 58.9 Å². The van der Waals surface area contributed by atoms with Crippen molar-refractivity contribution in [3.63, 3.8) is 0 Å². The monoisotopic (exact) mass is 434 g/mol. The lowest BCUT2D eigenvalue weighted by Crippen LogP contribution is -2.02. The number of rotatable bonds is 12. The molecule has 0 aromatic carbocycles. The maximum Gasteiger partial charge on any atom is 0.0892 e. The summed E-state index contributed by atoms with van der Waals surface area (Å²) in [5.41, 5.74) is 4.72. The van der Waals surface area contributed by atoms with Gasteiger partial charge in [0, 0.05) is 4.24 Å². The quantitative estimate of drug-likeness (QED) is 0.173. The Morgan fingerprint density at radius 1 is 0.862 bits per heavy atom. The Morgan fingerprint density at radius 3 is 1.97 bits per heavy atom. The summed E-state index contributed by atoms with van der Waals surface area (Å²) in [6.07, 6.45) is 21.0. The lowest BCUT2D eigenvalue weighted by atomic mass is 10.0. The van der Waals surface area contributed by atoms with Gasteiger partial charge in [-0.1, -0.05) is 41.0 Å². The summed E-state index contributed by atoms with van der Waals surface area (Å²) in [5, 5.41) is 0. The van der Waals surface area contributed by atoms with Crippen LogP contribution in [0.4, 0.5) is 0 Å². The SMILES string of the molecule is C/C(=C\CC/C=C(\C)CC/C=C(\C)CCC1OC1(C)C)CCC=C1SCCCS1. The van der Waals surface area contributed by atoms with Gasteiger partial charge in [0.25, 0.3) is 0 Å². The van der Waals surface area contributed by atoms with Gasteiger partial charge in [0.15, 0.2) is 0 Å². The van der Waals surface area contributed by atoms with Gasteiger partial charge in [-0.3, -0.25) is 0 Å². The standard InChI is InChI=1S/C26H42OS2/c1-21(13-8-14-23(3)17-18-24-26(4,5)27-24)11-6-7-12-22(2)15-9-16-25-28-19-10-20-29-25/h11-12,14,16,24H,6-10,13,15,17-20H2,1-5H3/b21-11+,22-12+,23-14+. The second-order valence-electron chi connectivity index (χ2n) is 9.13. The molecule has 2 aliphatic heterocycles. The number of epoxide rings is 1. The zero-order valence-electron chi connectivity index (χ0n) is 19.4. The Balaban J connectivity index is 1.54. The summed E-state index contributed by atoms with van der Waals surface area (Å²) in [7, 11) is 0. The molecule has 0 aliphatic carbocycles. The minimum Gasteiger partial charge on any atom is -0.367 e. The van der Waals surface area contributed by atoms with E-state index in [9.17, 15) is 0 Å². The fourth-order valence-electron chi connectivity index (χ4n) is 3.59. The van der Waals surface area contributed by atoms with Gasteiger partial charge in [0.2, 0.25) is 0 Å². The molecule has 3 heteroatoms. The average molecular weight is 435 g/mol. The smallest absolute Gasteiger partial charge is 0.0892 e. The van der Waals surface area contributed by atoms with Crippen molar-refractivity contribution in [2.45, 2.75) is 104 Å². The fraction of sp³-hybridized carbons (Fsp3) is 0.692. The van der Waals surface area contributed by atoms with Gasteiger partial charge >= 0.3 is 0 Å². The predicted molar refractivity (Wildman–Crippen MR) is 135 cm³/mol. The highest BCUT2D eigenvalue weighted by Crippen LogP contribution is 2.39. The molecule has 0 aromatic rings. The first-order valence-corrected chi connectivity index (χ1v) is 13.4. The van der Waals surface area contributed by atoms with Crippen molar-refractivity contribution in [1.82, 2.24) is 0 Å². The highest BCUT2D eigenvalue weighted by Gasteiger charge is 2.46. The minimum atomic E-state index is 0.136.